The first-order valence-electron chi connectivity index (χ1n) is 8.78. The van der Waals surface area contributed by atoms with Gasteiger partial charge in [-0.25, -0.2) is 4.98 Å². The monoisotopic (exact) mass is 398 g/mol. The first-order valence-corrected chi connectivity index (χ1v) is 10.0. The number of ketones is 1. The fraction of sp³-hybridized carbons (Fsp3) is 0.238. The van der Waals surface area contributed by atoms with Crippen molar-refractivity contribution in [3.63, 3.8) is 0 Å². The van der Waals surface area contributed by atoms with E-state index in [0.29, 0.717) is 17.1 Å². The third-order valence-corrected chi connectivity index (χ3v) is 6.10. The zero-order valence-electron chi connectivity index (χ0n) is 14.9. The van der Waals surface area contributed by atoms with Crippen molar-refractivity contribution in [2.24, 2.45) is 0 Å². The van der Waals surface area contributed by atoms with Crippen molar-refractivity contribution in [2.75, 3.05) is 18.1 Å². The molecule has 1 aromatic heterocycles. The lowest BCUT2D eigenvalue weighted by Crippen LogP contribution is -2.30. The molecule has 1 aliphatic rings. The second kappa shape index (κ2) is 7.43. The van der Waals surface area contributed by atoms with Gasteiger partial charge in [0.15, 0.2) is 10.9 Å². The molecule has 1 N–H and O–H groups in total. The summed E-state index contributed by atoms with van der Waals surface area (Å²) in [5, 5.41) is 12.7. The standard InChI is InChI=1S/C21H19ClN2O2S/c1-13-2-4-14(5-3-13)19-12-27-21(23-19)24-7-6-15-8-16(20(26)11-25)9-18(22)17(15)10-24/h2-5,8-9,12,25H,6-7,10-11H2,1H3. The van der Waals surface area contributed by atoms with Gasteiger partial charge in [-0.05, 0) is 36.6 Å². The van der Waals surface area contributed by atoms with Crippen LogP contribution in [0.15, 0.2) is 41.8 Å². The van der Waals surface area contributed by atoms with E-state index in [0.717, 1.165) is 40.5 Å². The molecule has 0 amide bonds. The smallest absolute Gasteiger partial charge is 0.188 e. The lowest BCUT2D eigenvalue weighted by Gasteiger charge is -2.29. The average Bonchev–Trinajstić information content (AvgIpc) is 3.17. The fourth-order valence-corrected chi connectivity index (χ4v) is 4.46. The van der Waals surface area contributed by atoms with E-state index in [9.17, 15) is 4.79 Å². The first kappa shape index (κ1) is 18.2. The molecule has 138 valence electrons. The number of hydrogen-bond acceptors (Lipinski definition) is 5. The molecule has 0 spiro atoms. The molecule has 0 saturated carbocycles. The van der Waals surface area contributed by atoms with Crippen LogP contribution in [0.1, 0.15) is 27.0 Å². The van der Waals surface area contributed by atoms with Gasteiger partial charge in [-0.15, -0.1) is 11.3 Å². The number of rotatable bonds is 4. The highest BCUT2D eigenvalue weighted by Crippen LogP contribution is 2.34. The maximum Gasteiger partial charge on any atom is 0.188 e. The molecule has 2 heterocycles. The van der Waals surface area contributed by atoms with Crippen molar-refractivity contribution in [3.8, 4) is 11.3 Å². The molecule has 0 atom stereocenters. The molecule has 0 fully saturated rings. The molecule has 0 aliphatic carbocycles. The number of aryl methyl sites for hydroxylation is 1. The molecule has 0 bridgehead atoms. The molecule has 1 aliphatic heterocycles. The SMILES string of the molecule is Cc1ccc(-c2csc(N3CCc4cc(C(=O)CO)cc(Cl)c4C3)n2)cc1. The Morgan fingerprint density at radius 1 is 1.30 bits per heavy atom. The highest BCUT2D eigenvalue weighted by molar-refractivity contribution is 7.14. The van der Waals surface area contributed by atoms with E-state index in [2.05, 4.69) is 41.5 Å². The van der Waals surface area contributed by atoms with E-state index in [1.54, 1.807) is 17.4 Å². The minimum absolute atomic E-state index is 0.301. The zero-order valence-corrected chi connectivity index (χ0v) is 16.5. The van der Waals surface area contributed by atoms with Crippen molar-refractivity contribution in [2.45, 2.75) is 19.9 Å². The summed E-state index contributed by atoms with van der Waals surface area (Å²) in [4.78, 5) is 18.8. The van der Waals surface area contributed by atoms with Crippen molar-refractivity contribution in [1.82, 2.24) is 4.98 Å². The van der Waals surface area contributed by atoms with Gasteiger partial charge >= 0.3 is 0 Å². The summed E-state index contributed by atoms with van der Waals surface area (Å²) in [5.74, 6) is -0.301. The van der Waals surface area contributed by atoms with Crippen LogP contribution in [0.5, 0.6) is 0 Å². The van der Waals surface area contributed by atoms with Gasteiger partial charge in [0.05, 0.1) is 5.69 Å². The van der Waals surface area contributed by atoms with Gasteiger partial charge in [0.1, 0.15) is 6.61 Å². The van der Waals surface area contributed by atoms with Crippen LogP contribution in [0.4, 0.5) is 5.13 Å². The summed E-state index contributed by atoms with van der Waals surface area (Å²) in [6.07, 6.45) is 0.793. The number of carbonyl (C=O) groups excluding carboxylic acids is 1. The van der Waals surface area contributed by atoms with E-state index in [-0.39, 0.29) is 5.78 Å². The van der Waals surface area contributed by atoms with Gasteiger partial charge in [0, 0.05) is 34.6 Å². The number of hydrogen-bond donors (Lipinski definition) is 1. The summed E-state index contributed by atoms with van der Waals surface area (Å²) in [6.45, 7) is 3.07. The van der Waals surface area contributed by atoms with Gasteiger partial charge in [0.2, 0.25) is 0 Å². The Morgan fingerprint density at radius 3 is 2.81 bits per heavy atom. The van der Waals surface area contributed by atoms with Gasteiger partial charge in [-0.2, -0.15) is 0 Å². The zero-order chi connectivity index (χ0) is 19.0. The van der Waals surface area contributed by atoms with E-state index in [1.165, 1.54) is 5.56 Å². The molecule has 2 aromatic carbocycles. The molecule has 0 saturated heterocycles. The predicted molar refractivity (Wildman–Crippen MR) is 110 cm³/mol. The van der Waals surface area contributed by atoms with Crippen LogP contribution >= 0.6 is 22.9 Å². The lowest BCUT2D eigenvalue weighted by atomic mass is 9.96. The number of nitrogens with zero attached hydrogens (tertiary/aromatic N) is 2. The summed E-state index contributed by atoms with van der Waals surface area (Å²) >= 11 is 8.07. The lowest BCUT2D eigenvalue weighted by molar-refractivity contribution is 0.0903. The summed E-state index contributed by atoms with van der Waals surface area (Å²) < 4.78 is 0. The minimum Gasteiger partial charge on any atom is -0.388 e. The Labute approximate surface area is 167 Å². The molecule has 4 rings (SSSR count). The number of Topliss-reactive ketones (excluding diaryl/α,β-unsaturated/α-hetero) is 1. The van der Waals surface area contributed by atoms with Crippen LogP contribution in [0, 0.1) is 6.92 Å². The summed E-state index contributed by atoms with van der Waals surface area (Å²) in [6, 6.07) is 11.9. The highest BCUT2D eigenvalue weighted by Gasteiger charge is 2.23. The van der Waals surface area contributed by atoms with Crippen LogP contribution in [0.2, 0.25) is 5.02 Å². The fourth-order valence-electron chi connectivity index (χ4n) is 3.30. The minimum atomic E-state index is -0.498. The Kier molecular flexibility index (Phi) is 5.00. The van der Waals surface area contributed by atoms with Crippen LogP contribution in [-0.2, 0) is 13.0 Å². The second-order valence-corrected chi connectivity index (χ2v) is 7.97. The van der Waals surface area contributed by atoms with Crippen molar-refractivity contribution >= 4 is 33.9 Å². The number of aliphatic hydroxyl groups is 1. The van der Waals surface area contributed by atoms with Crippen LogP contribution in [-0.4, -0.2) is 29.0 Å². The van der Waals surface area contributed by atoms with Gasteiger partial charge < -0.3 is 10.0 Å². The van der Waals surface area contributed by atoms with E-state index in [1.807, 2.05) is 6.07 Å². The Balaban J connectivity index is 1.58. The third-order valence-electron chi connectivity index (χ3n) is 4.86. The number of carbonyl (C=O) groups is 1. The number of benzene rings is 2. The number of anilines is 1. The molecule has 4 nitrogen and oxygen atoms in total. The number of thiazole rings is 1. The second-order valence-electron chi connectivity index (χ2n) is 6.73. The topological polar surface area (TPSA) is 53.4 Å². The summed E-state index contributed by atoms with van der Waals surface area (Å²) in [7, 11) is 0. The number of fused-ring (bicyclic) bond motifs is 1. The van der Waals surface area contributed by atoms with E-state index >= 15 is 0 Å². The van der Waals surface area contributed by atoms with Crippen molar-refractivity contribution < 1.29 is 9.90 Å². The van der Waals surface area contributed by atoms with Crippen LogP contribution < -0.4 is 4.90 Å². The van der Waals surface area contributed by atoms with E-state index < -0.39 is 6.61 Å². The molecular formula is C21H19ClN2O2S. The molecule has 3 aromatic rings. The first-order chi connectivity index (χ1) is 13.0. The quantitative estimate of drug-likeness (QED) is 0.657. The Bertz CT molecular complexity index is 998. The number of aromatic nitrogens is 1. The molecule has 0 unspecified atom stereocenters. The largest absolute Gasteiger partial charge is 0.388 e. The Hall–Kier alpha value is -2.21. The van der Waals surface area contributed by atoms with Crippen LogP contribution in [0.25, 0.3) is 11.3 Å². The Morgan fingerprint density at radius 2 is 2.07 bits per heavy atom. The summed E-state index contributed by atoms with van der Waals surface area (Å²) in [5.41, 5.74) is 5.91. The number of halogens is 1. The molecule has 27 heavy (non-hydrogen) atoms. The highest BCUT2D eigenvalue weighted by atomic mass is 35.5. The molecule has 0 radical (unpaired) electrons. The van der Waals surface area contributed by atoms with Crippen molar-refractivity contribution in [3.05, 3.63) is 69.1 Å². The van der Waals surface area contributed by atoms with Gasteiger partial charge in [0.25, 0.3) is 0 Å². The maximum absolute atomic E-state index is 11.8. The third kappa shape index (κ3) is 3.63. The normalized spacial score (nSPS) is 13.5. The maximum atomic E-state index is 11.8. The average molecular weight is 399 g/mol. The molecular weight excluding hydrogens is 380 g/mol. The predicted octanol–water partition coefficient (Wildman–Crippen LogP) is 4.51. The molecule has 6 heteroatoms. The van der Waals surface area contributed by atoms with Crippen molar-refractivity contribution in [1.29, 1.82) is 0 Å². The van der Waals surface area contributed by atoms with Crippen LogP contribution in [0.3, 0.4) is 0 Å². The van der Waals surface area contributed by atoms with E-state index in [4.69, 9.17) is 21.7 Å². The van der Waals surface area contributed by atoms with Gasteiger partial charge in [-0.3, -0.25) is 4.79 Å². The number of aliphatic hydroxyl groups excluding tert-OH is 1. The van der Waals surface area contributed by atoms with Gasteiger partial charge in [-0.1, -0.05) is 41.4 Å².